The Hall–Kier alpha value is -2.40. The summed E-state index contributed by atoms with van der Waals surface area (Å²) in [5.41, 5.74) is -0.144. The van der Waals surface area contributed by atoms with Gasteiger partial charge in [-0.25, -0.2) is 32.4 Å². The van der Waals surface area contributed by atoms with Gasteiger partial charge in [-0.05, 0) is 19.3 Å². The van der Waals surface area contributed by atoms with Crippen molar-refractivity contribution in [3.63, 3.8) is 0 Å². The Balaban J connectivity index is 1.44. The fraction of sp³-hybridized carbons (Fsp3) is 0.619. The fourth-order valence-corrected chi connectivity index (χ4v) is 4.26. The molecule has 2 aliphatic heterocycles. The molecule has 0 spiro atoms. The van der Waals surface area contributed by atoms with Crippen molar-refractivity contribution in [2.75, 3.05) is 49.6 Å². The first-order valence-electron chi connectivity index (χ1n) is 10.7. The van der Waals surface area contributed by atoms with E-state index >= 15 is 0 Å². The standard InChI is InChI=1S/C21H26F4N4O3/c1-26-6-7-27(8-9-29(26)13-2-3-13)19-16(22)10-14(11-17(19)23)28-12-15(32-21(28)31)4-5-18(30)20(24)25/h10-11,13,15,20H,2-9,12H2,1H3/t15-/m0/s1. The van der Waals surface area contributed by atoms with Gasteiger partial charge in [0.25, 0.3) is 6.43 Å². The lowest BCUT2D eigenvalue weighted by molar-refractivity contribution is -0.129. The third-order valence-electron chi connectivity index (χ3n) is 6.16. The van der Waals surface area contributed by atoms with E-state index in [0.29, 0.717) is 32.2 Å². The molecular formula is C21H26F4N4O3. The first kappa shape index (κ1) is 22.8. The number of anilines is 2. The van der Waals surface area contributed by atoms with E-state index in [4.69, 9.17) is 4.74 Å². The van der Waals surface area contributed by atoms with Crippen molar-refractivity contribution < 1.29 is 31.9 Å². The van der Waals surface area contributed by atoms with Gasteiger partial charge < -0.3 is 9.64 Å². The summed E-state index contributed by atoms with van der Waals surface area (Å²) in [6, 6.07) is 2.67. The number of hydrogen-bond acceptors (Lipinski definition) is 6. The van der Waals surface area contributed by atoms with Crippen LogP contribution in [0.4, 0.5) is 33.7 Å². The van der Waals surface area contributed by atoms with Crippen LogP contribution in [0.5, 0.6) is 0 Å². The summed E-state index contributed by atoms with van der Waals surface area (Å²) in [6.07, 6.45) is -2.96. The molecule has 0 radical (unpaired) electrons. The van der Waals surface area contributed by atoms with Gasteiger partial charge in [-0.2, -0.15) is 0 Å². The molecule has 3 aliphatic rings. The number of amides is 1. The van der Waals surface area contributed by atoms with Crippen LogP contribution in [-0.4, -0.2) is 80.2 Å². The summed E-state index contributed by atoms with van der Waals surface area (Å²) in [5.74, 6) is -2.80. The average molecular weight is 458 g/mol. The van der Waals surface area contributed by atoms with E-state index in [1.54, 1.807) is 4.90 Å². The van der Waals surface area contributed by atoms with Gasteiger partial charge in [0.15, 0.2) is 17.4 Å². The van der Waals surface area contributed by atoms with Crippen LogP contribution >= 0.6 is 0 Å². The van der Waals surface area contributed by atoms with Crippen LogP contribution in [-0.2, 0) is 9.53 Å². The Morgan fingerprint density at radius 2 is 1.78 bits per heavy atom. The highest BCUT2D eigenvalue weighted by Crippen LogP contribution is 2.33. The van der Waals surface area contributed by atoms with Crippen molar-refractivity contribution in [2.45, 2.75) is 44.3 Å². The summed E-state index contributed by atoms with van der Waals surface area (Å²) in [4.78, 5) is 26.0. The van der Waals surface area contributed by atoms with Crippen LogP contribution in [0.3, 0.4) is 0 Å². The number of Topliss-reactive ketones (excluding diaryl/α,β-unsaturated/α-hetero) is 1. The molecule has 3 fully saturated rings. The molecular weight excluding hydrogens is 432 g/mol. The van der Waals surface area contributed by atoms with Crippen molar-refractivity contribution in [3.05, 3.63) is 23.8 Å². The lowest BCUT2D eigenvalue weighted by Crippen LogP contribution is -2.42. The fourth-order valence-electron chi connectivity index (χ4n) is 4.26. The smallest absolute Gasteiger partial charge is 0.414 e. The molecule has 2 heterocycles. The first-order valence-corrected chi connectivity index (χ1v) is 10.7. The van der Waals surface area contributed by atoms with Gasteiger partial charge in [-0.15, -0.1) is 0 Å². The monoisotopic (exact) mass is 458 g/mol. The summed E-state index contributed by atoms with van der Waals surface area (Å²) in [7, 11) is 1.97. The number of alkyl halides is 2. The predicted molar refractivity (Wildman–Crippen MR) is 109 cm³/mol. The van der Waals surface area contributed by atoms with Gasteiger partial charge in [-0.1, -0.05) is 0 Å². The van der Waals surface area contributed by atoms with Gasteiger partial charge in [0.1, 0.15) is 11.8 Å². The molecule has 1 aromatic rings. The summed E-state index contributed by atoms with van der Waals surface area (Å²) in [5, 5.41) is 4.34. The number of nitrogens with zero attached hydrogens (tertiary/aromatic N) is 4. The zero-order valence-corrected chi connectivity index (χ0v) is 17.8. The van der Waals surface area contributed by atoms with Crippen LogP contribution in [0.25, 0.3) is 0 Å². The molecule has 1 saturated carbocycles. The van der Waals surface area contributed by atoms with Gasteiger partial charge in [-0.3, -0.25) is 9.69 Å². The molecule has 0 aromatic heterocycles. The maximum atomic E-state index is 15.0. The Kier molecular flexibility index (Phi) is 6.57. The van der Waals surface area contributed by atoms with E-state index in [1.165, 1.54) is 0 Å². The van der Waals surface area contributed by atoms with Crippen molar-refractivity contribution in [2.24, 2.45) is 0 Å². The Morgan fingerprint density at radius 3 is 2.41 bits per heavy atom. The lowest BCUT2D eigenvalue weighted by Gasteiger charge is -2.29. The van der Waals surface area contributed by atoms with Crippen LogP contribution in [0.1, 0.15) is 25.7 Å². The van der Waals surface area contributed by atoms with E-state index in [9.17, 15) is 27.2 Å². The summed E-state index contributed by atoms with van der Waals surface area (Å²) in [6.45, 7) is 2.16. The highest BCUT2D eigenvalue weighted by Gasteiger charge is 2.36. The molecule has 2 saturated heterocycles. The Labute approximate surface area is 183 Å². The highest BCUT2D eigenvalue weighted by molar-refractivity contribution is 5.90. The van der Waals surface area contributed by atoms with Crippen LogP contribution < -0.4 is 9.80 Å². The lowest BCUT2D eigenvalue weighted by atomic mass is 10.1. The highest BCUT2D eigenvalue weighted by atomic mass is 19.3. The predicted octanol–water partition coefficient (Wildman–Crippen LogP) is 3.04. The number of carbonyl (C=O) groups excluding carboxylic acids is 2. The van der Waals surface area contributed by atoms with E-state index < -0.39 is 42.5 Å². The van der Waals surface area contributed by atoms with Gasteiger partial charge in [0, 0.05) is 57.8 Å². The second-order valence-electron chi connectivity index (χ2n) is 8.44. The number of carbonyl (C=O) groups is 2. The van der Waals surface area contributed by atoms with Gasteiger partial charge >= 0.3 is 6.09 Å². The molecule has 0 N–H and O–H groups in total. The van der Waals surface area contributed by atoms with E-state index in [0.717, 1.165) is 29.9 Å². The largest absolute Gasteiger partial charge is 0.444 e. The molecule has 0 bridgehead atoms. The zero-order chi connectivity index (χ0) is 23.0. The number of hydrogen-bond donors (Lipinski definition) is 0. The zero-order valence-electron chi connectivity index (χ0n) is 17.8. The third-order valence-corrected chi connectivity index (χ3v) is 6.16. The number of likely N-dealkylation sites (N-methyl/N-ethyl adjacent to an activating group) is 1. The number of hydrazine groups is 1. The molecule has 1 amide bonds. The van der Waals surface area contributed by atoms with Gasteiger partial charge in [0.05, 0.1) is 12.2 Å². The molecule has 1 aliphatic carbocycles. The topological polar surface area (TPSA) is 56.3 Å². The van der Waals surface area contributed by atoms with Crippen LogP contribution in [0, 0.1) is 11.6 Å². The molecule has 1 aromatic carbocycles. The number of ketones is 1. The van der Waals surface area contributed by atoms with Crippen molar-refractivity contribution in [3.8, 4) is 0 Å². The number of benzene rings is 1. The Morgan fingerprint density at radius 1 is 1.12 bits per heavy atom. The molecule has 4 rings (SSSR count). The summed E-state index contributed by atoms with van der Waals surface area (Å²) >= 11 is 0. The minimum atomic E-state index is -3.07. The second kappa shape index (κ2) is 9.22. The van der Waals surface area contributed by atoms with E-state index in [-0.39, 0.29) is 24.3 Å². The van der Waals surface area contributed by atoms with Gasteiger partial charge in [0.2, 0.25) is 0 Å². The average Bonchev–Trinajstić information content (AvgIpc) is 3.52. The normalized spacial score (nSPS) is 23.1. The molecule has 1 atom stereocenters. The van der Waals surface area contributed by atoms with Crippen molar-refractivity contribution in [1.82, 2.24) is 10.0 Å². The third kappa shape index (κ3) is 4.83. The van der Waals surface area contributed by atoms with E-state index in [1.807, 2.05) is 7.05 Å². The van der Waals surface area contributed by atoms with Crippen LogP contribution in [0.2, 0.25) is 0 Å². The minimum Gasteiger partial charge on any atom is -0.444 e. The Bertz CT molecular complexity index is 860. The molecule has 32 heavy (non-hydrogen) atoms. The van der Waals surface area contributed by atoms with Crippen LogP contribution in [0.15, 0.2) is 12.1 Å². The number of halogens is 4. The number of cyclic esters (lactones) is 1. The second-order valence-corrected chi connectivity index (χ2v) is 8.44. The number of rotatable bonds is 7. The first-order chi connectivity index (χ1) is 15.2. The minimum absolute atomic E-state index is 0.0111. The van der Waals surface area contributed by atoms with E-state index in [2.05, 4.69) is 10.0 Å². The molecule has 176 valence electrons. The molecule has 7 nitrogen and oxygen atoms in total. The maximum Gasteiger partial charge on any atom is 0.414 e. The molecule has 11 heteroatoms. The SMILES string of the molecule is CN1CCN(c2c(F)cc(N3C[C@H](CCC(=O)C(F)F)OC3=O)cc2F)CCN1C1CC1. The molecule has 0 unspecified atom stereocenters. The number of ether oxygens (including phenoxy) is 1. The maximum absolute atomic E-state index is 15.0. The van der Waals surface area contributed by atoms with Crippen molar-refractivity contribution >= 4 is 23.3 Å². The summed E-state index contributed by atoms with van der Waals surface area (Å²) < 4.78 is 59.8. The van der Waals surface area contributed by atoms with Crippen molar-refractivity contribution in [1.29, 1.82) is 0 Å². The quantitative estimate of drug-likeness (QED) is 0.586.